The lowest BCUT2D eigenvalue weighted by Gasteiger charge is -2.39. The molecule has 5 atom stereocenters. The molecular weight excluding hydrogens is 327 g/mol. The van der Waals surface area contributed by atoms with E-state index < -0.39 is 36.5 Å². The Kier molecular flexibility index (Phi) is 5.56. The van der Waals surface area contributed by atoms with Crippen LogP contribution in [-0.2, 0) is 4.74 Å². The van der Waals surface area contributed by atoms with Gasteiger partial charge in [0, 0.05) is 9.92 Å². The van der Waals surface area contributed by atoms with E-state index in [-0.39, 0.29) is 0 Å². The summed E-state index contributed by atoms with van der Waals surface area (Å²) >= 11 is 13.0. The van der Waals surface area contributed by atoms with Gasteiger partial charge >= 0.3 is 0 Å². The molecule has 1 fully saturated rings. The number of ether oxygens (including phenoxy) is 1. The van der Waals surface area contributed by atoms with E-state index in [9.17, 15) is 15.3 Å². The highest BCUT2D eigenvalue weighted by Gasteiger charge is 2.43. The van der Waals surface area contributed by atoms with Gasteiger partial charge in [0.25, 0.3) is 0 Å². The molecule has 112 valence electrons. The highest BCUT2D eigenvalue weighted by molar-refractivity contribution is 8.00. The molecule has 0 saturated carbocycles. The van der Waals surface area contributed by atoms with Crippen molar-refractivity contribution < 1.29 is 25.2 Å². The topological polar surface area (TPSA) is 90.2 Å². The van der Waals surface area contributed by atoms with Crippen molar-refractivity contribution in [2.24, 2.45) is 0 Å². The second-order valence-electron chi connectivity index (χ2n) is 4.39. The molecule has 1 aliphatic rings. The molecule has 0 spiro atoms. The minimum Gasteiger partial charge on any atom is -0.394 e. The summed E-state index contributed by atoms with van der Waals surface area (Å²) in [4.78, 5) is 0.573. The van der Waals surface area contributed by atoms with Gasteiger partial charge in [-0.1, -0.05) is 35.0 Å². The molecule has 1 saturated heterocycles. The van der Waals surface area contributed by atoms with Crippen LogP contribution < -0.4 is 0 Å². The van der Waals surface area contributed by atoms with Gasteiger partial charge in [-0.05, 0) is 18.2 Å². The first-order chi connectivity index (χ1) is 9.43. The van der Waals surface area contributed by atoms with Crippen molar-refractivity contribution in [2.75, 3.05) is 6.61 Å². The molecule has 4 N–H and O–H groups in total. The molecule has 1 heterocycles. The average molecular weight is 341 g/mol. The standard InChI is InChI=1S/C12H14Cl2O5S/c13-5-1-2-6(14)8(3-5)20-12-11(18)10(17)9(16)7(4-15)19-12/h1-3,7,9-12,15-18H,4H2/t7-,9-,10+,11-,12+/m1/s1. The second kappa shape index (κ2) is 6.81. The number of aliphatic hydroxyl groups excluding tert-OH is 4. The quantitative estimate of drug-likeness (QED) is 0.653. The third kappa shape index (κ3) is 3.40. The maximum absolute atomic E-state index is 9.93. The summed E-state index contributed by atoms with van der Waals surface area (Å²) in [6.45, 7) is -0.467. The van der Waals surface area contributed by atoms with Crippen molar-refractivity contribution in [1.29, 1.82) is 0 Å². The van der Waals surface area contributed by atoms with E-state index in [1.807, 2.05) is 0 Å². The van der Waals surface area contributed by atoms with Crippen LogP contribution in [0.3, 0.4) is 0 Å². The predicted octanol–water partition coefficient (Wildman–Crippen LogP) is 0.885. The molecule has 0 aromatic heterocycles. The third-order valence-corrected chi connectivity index (χ3v) is 4.88. The van der Waals surface area contributed by atoms with Gasteiger partial charge in [-0.25, -0.2) is 0 Å². The molecule has 20 heavy (non-hydrogen) atoms. The molecule has 0 amide bonds. The van der Waals surface area contributed by atoms with Crippen LogP contribution in [0, 0.1) is 0 Å². The normalized spacial score (nSPS) is 34.2. The van der Waals surface area contributed by atoms with Gasteiger partial charge in [0.05, 0.1) is 11.6 Å². The summed E-state index contributed by atoms with van der Waals surface area (Å²) < 4.78 is 5.38. The summed E-state index contributed by atoms with van der Waals surface area (Å²) in [6, 6.07) is 4.84. The number of thioether (sulfide) groups is 1. The maximum Gasteiger partial charge on any atom is 0.136 e. The summed E-state index contributed by atoms with van der Waals surface area (Å²) in [5.41, 5.74) is -0.874. The number of hydrogen-bond donors (Lipinski definition) is 4. The van der Waals surface area contributed by atoms with E-state index in [2.05, 4.69) is 0 Å². The Labute approximate surface area is 130 Å². The number of hydrogen-bond acceptors (Lipinski definition) is 6. The largest absolute Gasteiger partial charge is 0.394 e. The van der Waals surface area contributed by atoms with Gasteiger partial charge in [0.15, 0.2) is 0 Å². The molecule has 0 aliphatic carbocycles. The minimum atomic E-state index is -1.41. The first-order valence-electron chi connectivity index (χ1n) is 5.86. The molecule has 1 aliphatic heterocycles. The van der Waals surface area contributed by atoms with Gasteiger partial charge in [-0.3, -0.25) is 0 Å². The lowest BCUT2D eigenvalue weighted by atomic mass is 10.0. The van der Waals surface area contributed by atoms with E-state index >= 15 is 0 Å². The van der Waals surface area contributed by atoms with Crippen LogP contribution >= 0.6 is 35.0 Å². The van der Waals surface area contributed by atoms with Crippen LogP contribution in [0.4, 0.5) is 0 Å². The van der Waals surface area contributed by atoms with Crippen molar-refractivity contribution in [3.05, 3.63) is 28.2 Å². The monoisotopic (exact) mass is 340 g/mol. The van der Waals surface area contributed by atoms with E-state index in [0.29, 0.717) is 14.9 Å². The lowest BCUT2D eigenvalue weighted by molar-refractivity contribution is -0.205. The summed E-state index contributed by atoms with van der Waals surface area (Å²) in [5, 5.41) is 39.3. The zero-order valence-electron chi connectivity index (χ0n) is 10.2. The van der Waals surface area contributed by atoms with Crippen molar-refractivity contribution in [2.45, 2.75) is 34.7 Å². The molecular formula is C12H14Cl2O5S. The van der Waals surface area contributed by atoms with Gasteiger partial charge in [-0.2, -0.15) is 0 Å². The molecule has 0 bridgehead atoms. The third-order valence-electron chi connectivity index (χ3n) is 2.98. The Morgan fingerprint density at radius 1 is 1.10 bits per heavy atom. The van der Waals surface area contributed by atoms with Crippen LogP contribution in [0.2, 0.25) is 10.0 Å². The van der Waals surface area contributed by atoms with Crippen LogP contribution in [0.1, 0.15) is 0 Å². The smallest absolute Gasteiger partial charge is 0.136 e. The van der Waals surface area contributed by atoms with Gasteiger partial charge in [0.1, 0.15) is 29.9 Å². The van der Waals surface area contributed by atoms with Crippen LogP contribution in [0.25, 0.3) is 0 Å². The van der Waals surface area contributed by atoms with Gasteiger partial charge in [0.2, 0.25) is 0 Å². The number of benzene rings is 1. The van der Waals surface area contributed by atoms with Crippen LogP contribution in [0.15, 0.2) is 23.1 Å². The molecule has 1 aromatic rings. The Bertz CT molecular complexity index is 473. The van der Waals surface area contributed by atoms with Crippen molar-refractivity contribution in [3.63, 3.8) is 0 Å². The first-order valence-corrected chi connectivity index (χ1v) is 7.50. The van der Waals surface area contributed by atoms with E-state index in [1.54, 1.807) is 18.2 Å². The molecule has 0 radical (unpaired) electrons. The molecule has 1 aromatic carbocycles. The number of halogens is 2. The van der Waals surface area contributed by atoms with Crippen LogP contribution in [0.5, 0.6) is 0 Å². The Morgan fingerprint density at radius 3 is 2.45 bits per heavy atom. The summed E-state index contributed by atoms with van der Waals surface area (Å²) in [5.74, 6) is 0. The fourth-order valence-electron chi connectivity index (χ4n) is 1.86. The maximum atomic E-state index is 9.93. The fourth-order valence-corrected chi connectivity index (χ4v) is 3.47. The highest BCUT2D eigenvalue weighted by atomic mass is 35.5. The number of aliphatic hydroxyl groups is 4. The van der Waals surface area contributed by atoms with Crippen molar-refractivity contribution >= 4 is 35.0 Å². The Balaban J connectivity index is 2.17. The molecule has 8 heteroatoms. The SMILES string of the molecule is OC[C@H]1O[C@@H](Sc2cc(Cl)ccc2Cl)[C@H](O)[C@@H](O)[C@@H]1O. The second-order valence-corrected chi connectivity index (χ2v) is 6.37. The predicted molar refractivity (Wildman–Crippen MR) is 76.1 cm³/mol. The number of rotatable bonds is 3. The Morgan fingerprint density at radius 2 is 1.80 bits per heavy atom. The summed E-state index contributed by atoms with van der Waals surface area (Å²) in [7, 11) is 0. The molecule has 5 nitrogen and oxygen atoms in total. The van der Waals surface area contributed by atoms with Crippen molar-refractivity contribution in [3.8, 4) is 0 Å². The highest BCUT2D eigenvalue weighted by Crippen LogP contribution is 2.37. The van der Waals surface area contributed by atoms with E-state index in [1.165, 1.54) is 0 Å². The first kappa shape index (κ1) is 16.3. The zero-order chi connectivity index (χ0) is 14.9. The van der Waals surface area contributed by atoms with E-state index in [4.69, 9.17) is 33.0 Å². The minimum absolute atomic E-state index is 0.427. The zero-order valence-corrected chi connectivity index (χ0v) is 12.5. The molecule has 2 rings (SSSR count). The van der Waals surface area contributed by atoms with Gasteiger partial charge in [-0.15, -0.1) is 0 Å². The fraction of sp³-hybridized carbons (Fsp3) is 0.500. The van der Waals surface area contributed by atoms with Crippen LogP contribution in [-0.4, -0.2) is 56.9 Å². The Hall–Kier alpha value is -0.0500. The lowest BCUT2D eigenvalue weighted by Crippen LogP contribution is -2.57. The van der Waals surface area contributed by atoms with E-state index in [0.717, 1.165) is 11.8 Å². The average Bonchev–Trinajstić information content (AvgIpc) is 2.43. The van der Waals surface area contributed by atoms with Gasteiger partial charge < -0.3 is 25.2 Å². The molecule has 0 unspecified atom stereocenters. The summed E-state index contributed by atoms with van der Waals surface area (Å²) in [6.07, 6.45) is -5.03. The van der Waals surface area contributed by atoms with Crippen molar-refractivity contribution in [1.82, 2.24) is 0 Å².